The molecule has 0 aliphatic carbocycles. The van der Waals surface area contributed by atoms with E-state index >= 15 is 0 Å². The van der Waals surface area contributed by atoms with E-state index in [1.165, 1.54) is 6.92 Å². The zero-order valence-corrected chi connectivity index (χ0v) is 11.3. The van der Waals surface area contributed by atoms with E-state index in [0.717, 1.165) is 19.3 Å². The average Bonchev–Trinajstić information content (AvgIpc) is 2.24. The summed E-state index contributed by atoms with van der Waals surface area (Å²) in [4.78, 5) is 22.0. The number of aliphatic hydroxyl groups is 1. The number of nitrogens with one attached hydrogen (secondary N) is 2. The van der Waals surface area contributed by atoms with Crippen molar-refractivity contribution < 1.29 is 19.8 Å². The van der Waals surface area contributed by atoms with Gasteiger partial charge in [-0.15, -0.1) is 0 Å². The van der Waals surface area contributed by atoms with Gasteiger partial charge in [-0.2, -0.15) is 0 Å². The van der Waals surface area contributed by atoms with Gasteiger partial charge in [-0.05, 0) is 19.8 Å². The summed E-state index contributed by atoms with van der Waals surface area (Å²) in [6.07, 6.45) is 2.32. The first-order valence-electron chi connectivity index (χ1n) is 6.29. The van der Waals surface area contributed by atoms with Crippen LogP contribution in [0, 0.1) is 0 Å². The zero-order chi connectivity index (χ0) is 14.2. The molecule has 0 saturated heterocycles. The first-order valence-corrected chi connectivity index (χ1v) is 6.29. The first kappa shape index (κ1) is 16.7. The van der Waals surface area contributed by atoms with E-state index in [1.807, 2.05) is 13.8 Å². The fraction of sp³-hybridized carbons (Fsp3) is 0.833. The molecular weight excluding hydrogens is 236 g/mol. The molecule has 0 aromatic heterocycles. The van der Waals surface area contributed by atoms with Gasteiger partial charge in [0.15, 0.2) is 0 Å². The SMILES string of the molecule is CCCC(CC)NC(=O)NCC(C)(O)CC(=O)O. The summed E-state index contributed by atoms with van der Waals surface area (Å²) >= 11 is 0. The van der Waals surface area contributed by atoms with Crippen molar-refractivity contribution in [2.45, 2.75) is 58.1 Å². The second kappa shape index (κ2) is 7.92. The molecule has 6 heteroatoms. The Morgan fingerprint density at radius 3 is 2.39 bits per heavy atom. The molecule has 0 fully saturated rings. The third-order valence-corrected chi connectivity index (χ3v) is 2.63. The summed E-state index contributed by atoms with van der Waals surface area (Å²) in [6, 6.07) is -0.264. The summed E-state index contributed by atoms with van der Waals surface area (Å²) < 4.78 is 0. The standard InChI is InChI=1S/C12H24N2O4/c1-4-6-9(5-2)14-11(17)13-8-12(3,18)7-10(15)16/h9,18H,4-8H2,1-3H3,(H,15,16)(H2,13,14,17). The van der Waals surface area contributed by atoms with Gasteiger partial charge in [-0.25, -0.2) is 4.79 Å². The number of hydrogen-bond acceptors (Lipinski definition) is 3. The molecule has 2 amide bonds. The number of amides is 2. The third-order valence-electron chi connectivity index (χ3n) is 2.63. The molecule has 6 nitrogen and oxygen atoms in total. The van der Waals surface area contributed by atoms with Crippen LogP contribution >= 0.6 is 0 Å². The van der Waals surface area contributed by atoms with E-state index in [-0.39, 0.29) is 18.6 Å². The quantitative estimate of drug-likeness (QED) is 0.525. The summed E-state index contributed by atoms with van der Waals surface area (Å²) in [5.74, 6) is -1.10. The Balaban J connectivity index is 4.05. The Labute approximate surface area is 108 Å². The predicted molar refractivity (Wildman–Crippen MR) is 68.4 cm³/mol. The van der Waals surface area contributed by atoms with Gasteiger partial charge >= 0.3 is 12.0 Å². The van der Waals surface area contributed by atoms with E-state index in [9.17, 15) is 14.7 Å². The average molecular weight is 260 g/mol. The van der Waals surface area contributed by atoms with E-state index in [4.69, 9.17) is 5.11 Å². The van der Waals surface area contributed by atoms with Crippen LogP contribution in [0.4, 0.5) is 4.79 Å². The van der Waals surface area contributed by atoms with E-state index < -0.39 is 18.0 Å². The monoisotopic (exact) mass is 260 g/mol. The van der Waals surface area contributed by atoms with Gasteiger partial charge in [0.05, 0.1) is 12.0 Å². The van der Waals surface area contributed by atoms with Crippen LogP contribution in [0.2, 0.25) is 0 Å². The number of urea groups is 1. The molecule has 0 spiro atoms. The van der Waals surface area contributed by atoms with Crippen molar-refractivity contribution in [1.29, 1.82) is 0 Å². The van der Waals surface area contributed by atoms with Crippen molar-refractivity contribution in [3.63, 3.8) is 0 Å². The van der Waals surface area contributed by atoms with E-state index in [1.54, 1.807) is 0 Å². The lowest BCUT2D eigenvalue weighted by molar-refractivity contribution is -0.141. The normalized spacial score (nSPS) is 15.6. The molecule has 0 aliphatic heterocycles. The Bertz CT molecular complexity index is 279. The number of aliphatic carboxylic acids is 1. The molecule has 2 unspecified atom stereocenters. The van der Waals surface area contributed by atoms with Crippen molar-refractivity contribution in [2.75, 3.05) is 6.54 Å². The number of rotatable bonds is 8. The molecule has 2 atom stereocenters. The van der Waals surface area contributed by atoms with Crippen molar-refractivity contribution in [3.05, 3.63) is 0 Å². The van der Waals surface area contributed by atoms with Crippen molar-refractivity contribution in [1.82, 2.24) is 10.6 Å². The summed E-state index contributed by atoms with van der Waals surface area (Å²) in [7, 11) is 0. The van der Waals surface area contributed by atoms with Crippen LogP contribution in [0.3, 0.4) is 0 Å². The highest BCUT2D eigenvalue weighted by atomic mass is 16.4. The lowest BCUT2D eigenvalue weighted by Crippen LogP contribution is -2.48. The highest BCUT2D eigenvalue weighted by Gasteiger charge is 2.25. The molecule has 0 bridgehead atoms. The van der Waals surface area contributed by atoms with Gasteiger partial charge in [-0.1, -0.05) is 20.3 Å². The molecule has 0 radical (unpaired) electrons. The maximum Gasteiger partial charge on any atom is 0.315 e. The zero-order valence-electron chi connectivity index (χ0n) is 11.3. The van der Waals surface area contributed by atoms with Crippen molar-refractivity contribution in [2.24, 2.45) is 0 Å². The summed E-state index contributed by atoms with van der Waals surface area (Å²) in [5.41, 5.74) is -1.43. The van der Waals surface area contributed by atoms with Gasteiger partial charge < -0.3 is 20.8 Å². The lowest BCUT2D eigenvalue weighted by Gasteiger charge is -2.23. The maximum absolute atomic E-state index is 11.5. The number of carbonyl (C=O) groups is 2. The minimum atomic E-state index is -1.43. The highest BCUT2D eigenvalue weighted by molar-refractivity contribution is 5.74. The second-order valence-electron chi connectivity index (χ2n) is 4.79. The van der Waals surface area contributed by atoms with Gasteiger partial charge in [0.2, 0.25) is 0 Å². The van der Waals surface area contributed by atoms with E-state index in [2.05, 4.69) is 10.6 Å². The summed E-state index contributed by atoms with van der Waals surface area (Å²) in [5, 5.41) is 23.6. The predicted octanol–water partition coefficient (Wildman–Crippen LogP) is 1.09. The minimum absolute atomic E-state index is 0.0896. The number of carboxylic acid groups (broad SMARTS) is 1. The highest BCUT2D eigenvalue weighted by Crippen LogP contribution is 2.07. The van der Waals surface area contributed by atoms with Crippen molar-refractivity contribution in [3.8, 4) is 0 Å². The molecule has 0 aromatic rings. The first-order chi connectivity index (χ1) is 8.30. The Morgan fingerprint density at radius 1 is 1.33 bits per heavy atom. The molecule has 0 heterocycles. The molecule has 0 aliphatic rings. The van der Waals surface area contributed by atoms with Crippen LogP contribution in [0.5, 0.6) is 0 Å². The molecule has 0 saturated carbocycles. The molecular formula is C12H24N2O4. The van der Waals surface area contributed by atoms with Crippen LogP contribution in [-0.4, -0.2) is 40.4 Å². The van der Waals surface area contributed by atoms with Gasteiger partial charge in [-0.3, -0.25) is 4.79 Å². The summed E-state index contributed by atoms with van der Waals surface area (Å²) in [6.45, 7) is 5.32. The van der Waals surface area contributed by atoms with Gasteiger partial charge in [0, 0.05) is 12.6 Å². The van der Waals surface area contributed by atoms with Crippen LogP contribution in [0.25, 0.3) is 0 Å². The topological polar surface area (TPSA) is 98.7 Å². The molecule has 4 N–H and O–H groups in total. The van der Waals surface area contributed by atoms with Crippen molar-refractivity contribution >= 4 is 12.0 Å². The third kappa shape index (κ3) is 7.89. The van der Waals surface area contributed by atoms with Gasteiger partial charge in [0.25, 0.3) is 0 Å². The maximum atomic E-state index is 11.5. The number of carbonyl (C=O) groups excluding carboxylic acids is 1. The fourth-order valence-electron chi connectivity index (χ4n) is 1.62. The Kier molecular flexibility index (Phi) is 7.35. The largest absolute Gasteiger partial charge is 0.481 e. The van der Waals surface area contributed by atoms with Crippen LogP contribution < -0.4 is 10.6 Å². The molecule has 18 heavy (non-hydrogen) atoms. The second-order valence-corrected chi connectivity index (χ2v) is 4.79. The Morgan fingerprint density at radius 2 is 1.94 bits per heavy atom. The van der Waals surface area contributed by atoms with Crippen LogP contribution in [-0.2, 0) is 4.79 Å². The van der Waals surface area contributed by atoms with Crippen LogP contribution in [0.1, 0.15) is 46.5 Å². The van der Waals surface area contributed by atoms with E-state index in [0.29, 0.717) is 0 Å². The number of carboxylic acids is 1. The lowest BCUT2D eigenvalue weighted by atomic mass is 10.0. The Hall–Kier alpha value is -1.30. The van der Waals surface area contributed by atoms with Crippen LogP contribution in [0.15, 0.2) is 0 Å². The minimum Gasteiger partial charge on any atom is -0.481 e. The fourth-order valence-corrected chi connectivity index (χ4v) is 1.62. The smallest absolute Gasteiger partial charge is 0.315 e. The number of hydrogen-bond donors (Lipinski definition) is 4. The molecule has 0 rings (SSSR count). The molecule has 0 aromatic carbocycles. The molecule has 106 valence electrons. The van der Waals surface area contributed by atoms with Gasteiger partial charge in [0.1, 0.15) is 0 Å².